The Morgan fingerprint density at radius 1 is 0.941 bits per heavy atom. The Kier molecular flexibility index (Phi) is 5.82. The molecule has 3 aromatic carbocycles. The molecule has 0 saturated carbocycles. The van der Waals surface area contributed by atoms with Crippen molar-refractivity contribution in [3.63, 3.8) is 0 Å². The molecule has 0 fully saturated rings. The molecule has 176 valence electrons. The minimum Gasteiger partial charge on any atom is -0.408 e. The van der Waals surface area contributed by atoms with Gasteiger partial charge >= 0.3 is 5.76 Å². The van der Waals surface area contributed by atoms with Crippen molar-refractivity contribution in [2.24, 2.45) is 7.05 Å². The van der Waals surface area contributed by atoms with Gasteiger partial charge in [-0.05, 0) is 47.4 Å². The van der Waals surface area contributed by atoms with Gasteiger partial charge in [0.2, 0.25) is 0 Å². The van der Waals surface area contributed by atoms with Crippen LogP contribution in [0.15, 0.2) is 80.8 Å². The Labute approximate surface area is 197 Å². The summed E-state index contributed by atoms with van der Waals surface area (Å²) in [5.74, 6) is -0.944. The number of hydrogen-bond acceptors (Lipinski definition) is 5. The molecule has 0 aliphatic rings. The summed E-state index contributed by atoms with van der Waals surface area (Å²) in [6.45, 7) is 6.27. The lowest BCUT2D eigenvalue weighted by Crippen LogP contribution is -2.17. The highest BCUT2D eigenvalue weighted by Gasteiger charge is 2.20. The summed E-state index contributed by atoms with van der Waals surface area (Å²) in [4.78, 5) is 24.4. The zero-order valence-corrected chi connectivity index (χ0v) is 20.1. The van der Waals surface area contributed by atoms with Crippen LogP contribution in [0.25, 0.3) is 11.1 Å². The highest BCUT2D eigenvalue weighted by molar-refractivity contribution is 7.92. The van der Waals surface area contributed by atoms with Gasteiger partial charge in [0, 0.05) is 18.7 Å². The van der Waals surface area contributed by atoms with Gasteiger partial charge in [-0.2, -0.15) is 0 Å². The van der Waals surface area contributed by atoms with E-state index in [1.807, 2.05) is 12.1 Å². The van der Waals surface area contributed by atoms with Gasteiger partial charge in [-0.3, -0.25) is 14.1 Å². The molecule has 1 aromatic heterocycles. The van der Waals surface area contributed by atoms with Gasteiger partial charge in [0.1, 0.15) is 0 Å². The summed E-state index contributed by atoms with van der Waals surface area (Å²) in [7, 11) is -2.49. The Hall–Kier alpha value is -3.85. The molecule has 4 rings (SSSR count). The van der Waals surface area contributed by atoms with E-state index in [-0.39, 0.29) is 27.5 Å². The summed E-state index contributed by atoms with van der Waals surface area (Å²) in [5.41, 5.74) is 2.68. The fraction of sp³-hybridized carbons (Fsp3) is 0.200. The largest absolute Gasteiger partial charge is 0.419 e. The van der Waals surface area contributed by atoms with E-state index in [2.05, 4.69) is 30.8 Å². The first-order valence-corrected chi connectivity index (χ1v) is 12.1. The summed E-state index contributed by atoms with van der Waals surface area (Å²) in [6.07, 6.45) is 0. The second kappa shape index (κ2) is 8.49. The van der Waals surface area contributed by atoms with E-state index in [0.29, 0.717) is 16.8 Å². The third-order valence-electron chi connectivity index (χ3n) is 5.51. The van der Waals surface area contributed by atoms with Gasteiger partial charge < -0.3 is 9.73 Å². The maximum Gasteiger partial charge on any atom is 0.419 e. The average molecular weight is 480 g/mol. The molecule has 0 spiro atoms. The fourth-order valence-electron chi connectivity index (χ4n) is 3.48. The minimum atomic E-state index is -4.03. The second-order valence-corrected chi connectivity index (χ2v) is 10.7. The number of para-hydroxylation sites is 2. The SMILES string of the molecule is Cn1c(=O)oc2cc(S(=O)(=O)Nc3ccccc3NC(=O)c3ccc(C(C)(C)C)cc3)ccc21. The zero-order chi connectivity index (χ0) is 24.7. The molecule has 1 heterocycles. The van der Waals surface area contributed by atoms with E-state index in [4.69, 9.17) is 4.42 Å². The van der Waals surface area contributed by atoms with Crippen LogP contribution >= 0.6 is 0 Å². The third-order valence-corrected chi connectivity index (χ3v) is 6.87. The van der Waals surface area contributed by atoms with Crippen molar-refractivity contribution in [3.05, 3.63) is 88.4 Å². The number of oxazole rings is 1. The first kappa shape index (κ1) is 23.3. The number of hydrogen-bond donors (Lipinski definition) is 2. The second-order valence-electron chi connectivity index (χ2n) is 8.99. The number of nitrogens with zero attached hydrogens (tertiary/aromatic N) is 1. The standard InChI is InChI=1S/C25H25N3O5S/c1-25(2,3)17-11-9-16(10-12-17)23(29)26-19-7-5-6-8-20(19)27-34(31,32)18-13-14-21-22(15-18)33-24(30)28(21)4/h5-15,27H,1-4H3,(H,26,29). The van der Waals surface area contributed by atoms with Crippen LogP contribution in [0.4, 0.5) is 11.4 Å². The monoisotopic (exact) mass is 479 g/mol. The topological polar surface area (TPSA) is 110 Å². The van der Waals surface area contributed by atoms with Crippen molar-refractivity contribution in [1.29, 1.82) is 0 Å². The van der Waals surface area contributed by atoms with Crippen LogP contribution in [-0.4, -0.2) is 18.9 Å². The molecular formula is C25H25N3O5S. The number of fused-ring (bicyclic) bond motifs is 1. The van der Waals surface area contributed by atoms with Crippen molar-refractivity contribution >= 4 is 38.4 Å². The van der Waals surface area contributed by atoms with E-state index in [1.54, 1.807) is 36.4 Å². The summed E-state index contributed by atoms with van der Waals surface area (Å²) >= 11 is 0. The first-order valence-electron chi connectivity index (χ1n) is 10.6. The van der Waals surface area contributed by atoms with Gasteiger partial charge in [-0.25, -0.2) is 13.2 Å². The van der Waals surface area contributed by atoms with E-state index < -0.39 is 15.8 Å². The number of carbonyl (C=O) groups excluding carboxylic acids is 1. The lowest BCUT2D eigenvalue weighted by atomic mass is 9.87. The summed E-state index contributed by atoms with van der Waals surface area (Å²) in [6, 6.07) is 18.0. The van der Waals surface area contributed by atoms with E-state index in [0.717, 1.165) is 5.56 Å². The van der Waals surface area contributed by atoms with Crippen LogP contribution in [0.2, 0.25) is 0 Å². The molecule has 4 aromatic rings. The molecule has 0 bridgehead atoms. The smallest absolute Gasteiger partial charge is 0.408 e. The predicted molar refractivity (Wildman–Crippen MR) is 132 cm³/mol. The van der Waals surface area contributed by atoms with Crippen LogP contribution in [0.3, 0.4) is 0 Å². The molecule has 0 radical (unpaired) electrons. The summed E-state index contributed by atoms with van der Waals surface area (Å²) in [5, 5.41) is 2.77. The van der Waals surface area contributed by atoms with Crippen LogP contribution in [-0.2, 0) is 22.5 Å². The number of nitrogens with one attached hydrogen (secondary N) is 2. The number of aryl methyl sites for hydroxylation is 1. The van der Waals surface area contributed by atoms with Gasteiger partial charge in [0.05, 0.1) is 21.8 Å². The van der Waals surface area contributed by atoms with E-state index in [1.165, 1.54) is 29.8 Å². The number of rotatable bonds is 5. The Bertz CT molecular complexity index is 1540. The number of benzene rings is 3. The number of carbonyl (C=O) groups is 1. The van der Waals surface area contributed by atoms with Crippen LogP contribution < -0.4 is 15.8 Å². The molecule has 0 aliphatic heterocycles. The maximum atomic E-state index is 13.0. The zero-order valence-electron chi connectivity index (χ0n) is 19.2. The Morgan fingerprint density at radius 2 is 1.59 bits per heavy atom. The van der Waals surface area contributed by atoms with Crippen molar-refractivity contribution in [2.75, 3.05) is 10.0 Å². The normalized spacial score (nSPS) is 12.0. The van der Waals surface area contributed by atoms with Crippen LogP contribution in [0.5, 0.6) is 0 Å². The van der Waals surface area contributed by atoms with Crippen molar-refractivity contribution in [3.8, 4) is 0 Å². The number of sulfonamides is 1. The predicted octanol–water partition coefficient (Wildman–Crippen LogP) is 4.48. The summed E-state index contributed by atoms with van der Waals surface area (Å²) < 4.78 is 34.9. The molecule has 0 unspecified atom stereocenters. The van der Waals surface area contributed by atoms with Gasteiger partial charge in [-0.1, -0.05) is 45.0 Å². The first-order chi connectivity index (χ1) is 16.0. The van der Waals surface area contributed by atoms with Gasteiger partial charge in [0.15, 0.2) is 5.58 Å². The van der Waals surface area contributed by atoms with Crippen molar-refractivity contribution < 1.29 is 17.6 Å². The van der Waals surface area contributed by atoms with E-state index >= 15 is 0 Å². The van der Waals surface area contributed by atoms with Crippen LogP contribution in [0.1, 0.15) is 36.7 Å². The van der Waals surface area contributed by atoms with Crippen molar-refractivity contribution in [2.45, 2.75) is 31.1 Å². The Morgan fingerprint density at radius 3 is 2.24 bits per heavy atom. The number of aromatic nitrogens is 1. The Balaban J connectivity index is 1.58. The maximum absolute atomic E-state index is 13.0. The van der Waals surface area contributed by atoms with Crippen molar-refractivity contribution in [1.82, 2.24) is 4.57 Å². The van der Waals surface area contributed by atoms with E-state index in [9.17, 15) is 18.0 Å². The number of amides is 1. The number of anilines is 2. The molecule has 34 heavy (non-hydrogen) atoms. The molecule has 0 aliphatic carbocycles. The fourth-order valence-corrected chi connectivity index (χ4v) is 4.58. The van der Waals surface area contributed by atoms with Gasteiger partial charge in [0.25, 0.3) is 15.9 Å². The highest BCUT2D eigenvalue weighted by atomic mass is 32.2. The molecule has 0 saturated heterocycles. The average Bonchev–Trinajstić information content (AvgIpc) is 3.07. The van der Waals surface area contributed by atoms with Gasteiger partial charge in [-0.15, -0.1) is 0 Å². The highest BCUT2D eigenvalue weighted by Crippen LogP contribution is 2.27. The molecule has 8 nitrogen and oxygen atoms in total. The molecule has 1 amide bonds. The molecule has 9 heteroatoms. The quantitative estimate of drug-likeness (QED) is 0.438. The molecule has 2 N–H and O–H groups in total. The minimum absolute atomic E-state index is 0.0365. The molecular weight excluding hydrogens is 454 g/mol. The van der Waals surface area contributed by atoms with Crippen LogP contribution in [0, 0.1) is 0 Å². The lowest BCUT2D eigenvalue weighted by Gasteiger charge is -2.19. The third kappa shape index (κ3) is 4.60. The molecule has 0 atom stereocenters. The lowest BCUT2D eigenvalue weighted by molar-refractivity contribution is 0.102.